The van der Waals surface area contributed by atoms with Crippen LogP contribution in [-0.4, -0.2) is 32.6 Å². The van der Waals surface area contributed by atoms with Gasteiger partial charge < -0.3 is 14.9 Å². The van der Waals surface area contributed by atoms with E-state index in [4.69, 9.17) is 10.2 Å². The van der Waals surface area contributed by atoms with Crippen LogP contribution in [0.1, 0.15) is 49.9 Å². The first kappa shape index (κ1) is 14.9. The maximum absolute atomic E-state index is 8.98. The van der Waals surface area contributed by atoms with Crippen molar-refractivity contribution in [3.8, 4) is 6.07 Å². The Morgan fingerprint density at radius 3 is 2.80 bits per heavy atom. The summed E-state index contributed by atoms with van der Waals surface area (Å²) in [6, 6.07) is 4.95. The predicted molar refractivity (Wildman–Crippen MR) is 96.2 cm³/mol. The number of aromatic amines is 1. The number of nitriles is 1. The number of hydrogen-bond acceptors (Lipinski definition) is 4. The molecule has 5 rings (SSSR count). The van der Waals surface area contributed by atoms with E-state index in [0.717, 1.165) is 49.9 Å². The van der Waals surface area contributed by atoms with Crippen LogP contribution in [0.5, 0.6) is 0 Å². The molecule has 1 aliphatic heterocycles. The number of imidazole rings is 1. The van der Waals surface area contributed by atoms with Gasteiger partial charge in [0.2, 0.25) is 0 Å². The van der Waals surface area contributed by atoms with Gasteiger partial charge in [-0.1, -0.05) is 0 Å². The zero-order chi connectivity index (χ0) is 16.8. The summed E-state index contributed by atoms with van der Waals surface area (Å²) in [5, 5.41) is 13.5. The van der Waals surface area contributed by atoms with E-state index in [1.807, 2.05) is 12.4 Å². The number of H-pyrrole nitrogens is 1. The van der Waals surface area contributed by atoms with E-state index >= 15 is 0 Å². The van der Waals surface area contributed by atoms with Gasteiger partial charge in [-0.3, -0.25) is 0 Å². The lowest BCUT2D eigenvalue weighted by Gasteiger charge is -2.33. The number of fused-ring (bicyclic) bond motifs is 3. The number of aromatic nitrogens is 4. The topological polar surface area (TPSA) is 82.3 Å². The van der Waals surface area contributed by atoms with Gasteiger partial charge in [0.25, 0.3) is 0 Å². The van der Waals surface area contributed by atoms with E-state index in [2.05, 4.69) is 32.0 Å². The van der Waals surface area contributed by atoms with Gasteiger partial charge in [0.1, 0.15) is 17.0 Å². The molecule has 128 valence electrons. The highest BCUT2D eigenvalue weighted by Gasteiger charge is 2.31. The fraction of sp³-hybridized carbons (Fsp3) is 0.526. The minimum atomic E-state index is 0.482. The molecule has 6 heteroatoms. The molecule has 0 amide bonds. The van der Waals surface area contributed by atoms with Crippen molar-refractivity contribution in [2.24, 2.45) is 5.92 Å². The van der Waals surface area contributed by atoms with Crippen LogP contribution >= 0.6 is 0 Å². The van der Waals surface area contributed by atoms with E-state index in [0.29, 0.717) is 24.3 Å². The lowest BCUT2D eigenvalue weighted by atomic mass is 9.84. The number of hydrogen-bond donors (Lipinski definition) is 2. The maximum atomic E-state index is 8.98. The summed E-state index contributed by atoms with van der Waals surface area (Å²) in [6.45, 7) is 2.02. The molecule has 2 fully saturated rings. The molecule has 0 spiro atoms. The standard InChI is InChI=1S/C19H22N6/c20-7-5-12-1-3-14(4-2-12)25-17-15-6-8-22-18(15)23-11-16(17)24-19(25)13-9-21-10-13/h6,8,11-14,21H,1-5,9-10H2,(H,22,23)/t12-,14-. The first-order valence-corrected chi connectivity index (χ1v) is 9.26. The molecule has 2 aliphatic rings. The number of pyridine rings is 1. The normalized spacial score (nSPS) is 24.4. The summed E-state index contributed by atoms with van der Waals surface area (Å²) < 4.78 is 2.52. The first-order chi connectivity index (χ1) is 12.3. The van der Waals surface area contributed by atoms with Gasteiger partial charge >= 0.3 is 0 Å². The van der Waals surface area contributed by atoms with Crippen molar-refractivity contribution in [3.05, 3.63) is 24.3 Å². The largest absolute Gasteiger partial charge is 0.346 e. The minimum Gasteiger partial charge on any atom is -0.346 e. The van der Waals surface area contributed by atoms with Crippen LogP contribution in [0.4, 0.5) is 0 Å². The molecule has 0 radical (unpaired) electrons. The highest BCUT2D eigenvalue weighted by atomic mass is 15.1. The van der Waals surface area contributed by atoms with Crippen LogP contribution in [0, 0.1) is 17.2 Å². The Balaban J connectivity index is 1.62. The van der Waals surface area contributed by atoms with Crippen molar-refractivity contribution in [1.29, 1.82) is 5.26 Å². The van der Waals surface area contributed by atoms with Crippen molar-refractivity contribution in [2.75, 3.05) is 13.1 Å². The molecule has 6 nitrogen and oxygen atoms in total. The summed E-state index contributed by atoms with van der Waals surface area (Å²) in [5.74, 6) is 2.28. The molecule has 1 aliphatic carbocycles. The smallest absolute Gasteiger partial charge is 0.139 e. The SMILES string of the molecule is N#CC[C@H]1CC[C@H](n2c(C3CNC3)nc3cnc4[nH]ccc4c32)CC1. The second-order valence-corrected chi connectivity index (χ2v) is 7.46. The zero-order valence-corrected chi connectivity index (χ0v) is 14.2. The summed E-state index contributed by atoms with van der Waals surface area (Å²) in [7, 11) is 0. The van der Waals surface area contributed by atoms with E-state index in [1.165, 1.54) is 16.7 Å². The molecule has 3 aromatic rings. The molecule has 0 atom stereocenters. The monoisotopic (exact) mass is 334 g/mol. The van der Waals surface area contributed by atoms with Gasteiger partial charge in [-0.25, -0.2) is 9.97 Å². The molecule has 1 saturated heterocycles. The highest BCUT2D eigenvalue weighted by Crippen LogP contribution is 2.39. The van der Waals surface area contributed by atoms with Crippen LogP contribution in [0.2, 0.25) is 0 Å². The minimum absolute atomic E-state index is 0.482. The van der Waals surface area contributed by atoms with Crippen LogP contribution in [0.15, 0.2) is 18.5 Å². The Morgan fingerprint density at radius 1 is 1.24 bits per heavy atom. The fourth-order valence-electron chi connectivity index (χ4n) is 4.48. The van der Waals surface area contributed by atoms with Gasteiger partial charge in [0.15, 0.2) is 0 Å². The Morgan fingerprint density at radius 2 is 2.08 bits per heavy atom. The maximum Gasteiger partial charge on any atom is 0.139 e. The summed E-state index contributed by atoms with van der Waals surface area (Å²) >= 11 is 0. The number of nitrogens with zero attached hydrogens (tertiary/aromatic N) is 4. The van der Waals surface area contributed by atoms with Crippen molar-refractivity contribution >= 4 is 22.1 Å². The van der Waals surface area contributed by atoms with Crippen molar-refractivity contribution in [1.82, 2.24) is 24.8 Å². The molecule has 2 N–H and O–H groups in total. The van der Waals surface area contributed by atoms with E-state index in [-0.39, 0.29) is 0 Å². The molecule has 0 bridgehead atoms. The van der Waals surface area contributed by atoms with E-state index in [1.54, 1.807) is 0 Å². The van der Waals surface area contributed by atoms with Crippen LogP contribution in [-0.2, 0) is 0 Å². The molecule has 4 heterocycles. The van der Waals surface area contributed by atoms with Crippen LogP contribution in [0.25, 0.3) is 22.1 Å². The second kappa shape index (κ2) is 5.85. The molecule has 0 unspecified atom stereocenters. The third kappa shape index (κ3) is 2.34. The Hall–Kier alpha value is -2.39. The molecular formula is C19H22N6. The Kier molecular flexibility index (Phi) is 3.49. The van der Waals surface area contributed by atoms with Crippen molar-refractivity contribution in [3.63, 3.8) is 0 Å². The third-order valence-corrected chi connectivity index (χ3v) is 5.97. The second-order valence-electron chi connectivity index (χ2n) is 7.46. The summed E-state index contributed by atoms with van der Waals surface area (Å²) in [6.07, 6.45) is 9.12. The van der Waals surface area contributed by atoms with Crippen LogP contribution < -0.4 is 5.32 Å². The molecule has 3 aromatic heterocycles. The van der Waals surface area contributed by atoms with Gasteiger partial charge in [-0.05, 0) is 37.7 Å². The van der Waals surface area contributed by atoms with Crippen molar-refractivity contribution in [2.45, 2.75) is 44.1 Å². The fourth-order valence-corrected chi connectivity index (χ4v) is 4.48. The molecule has 25 heavy (non-hydrogen) atoms. The quantitative estimate of drug-likeness (QED) is 0.770. The van der Waals surface area contributed by atoms with Gasteiger partial charge in [0.05, 0.1) is 17.8 Å². The lowest BCUT2D eigenvalue weighted by molar-refractivity contribution is 0.270. The Bertz CT molecular complexity index is 950. The molecule has 1 saturated carbocycles. The lowest BCUT2D eigenvalue weighted by Crippen LogP contribution is -2.41. The number of rotatable bonds is 3. The summed E-state index contributed by atoms with van der Waals surface area (Å²) in [5.41, 5.74) is 3.18. The molecule has 0 aromatic carbocycles. The van der Waals surface area contributed by atoms with Crippen LogP contribution in [0.3, 0.4) is 0 Å². The summed E-state index contributed by atoms with van der Waals surface area (Å²) in [4.78, 5) is 12.7. The third-order valence-electron chi connectivity index (χ3n) is 5.97. The highest BCUT2D eigenvalue weighted by molar-refractivity contribution is 6.01. The average molecular weight is 334 g/mol. The molecular weight excluding hydrogens is 312 g/mol. The van der Waals surface area contributed by atoms with Crippen molar-refractivity contribution < 1.29 is 0 Å². The van der Waals surface area contributed by atoms with E-state index < -0.39 is 0 Å². The van der Waals surface area contributed by atoms with Gasteiger partial charge in [0, 0.05) is 43.1 Å². The number of nitrogens with one attached hydrogen (secondary N) is 2. The zero-order valence-electron chi connectivity index (χ0n) is 14.2. The van der Waals surface area contributed by atoms with Gasteiger partial charge in [-0.15, -0.1) is 0 Å². The average Bonchev–Trinajstić information content (AvgIpc) is 3.18. The predicted octanol–water partition coefficient (Wildman–Crippen LogP) is 3.24. The van der Waals surface area contributed by atoms with Gasteiger partial charge in [-0.2, -0.15) is 5.26 Å². The van der Waals surface area contributed by atoms with E-state index in [9.17, 15) is 0 Å². The Labute approximate surface area is 146 Å². The first-order valence-electron chi connectivity index (χ1n) is 9.26.